The van der Waals surface area contributed by atoms with Crippen LogP contribution in [0.2, 0.25) is 0 Å². The van der Waals surface area contributed by atoms with Crippen molar-refractivity contribution in [1.29, 1.82) is 0 Å². The van der Waals surface area contributed by atoms with Gasteiger partial charge >= 0.3 is 5.97 Å². The quantitative estimate of drug-likeness (QED) is 0.467. The van der Waals surface area contributed by atoms with Gasteiger partial charge in [0, 0.05) is 24.7 Å². The number of hydrogen-bond acceptors (Lipinski definition) is 7. The number of hydrogen-bond donors (Lipinski definition) is 3. The maximum absolute atomic E-state index is 13.5. The molecule has 0 aromatic carbocycles. The van der Waals surface area contributed by atoms with Crippen molar-refractivity contribution in [3.8, 4) is 0 Å². The molecule has 7 nitrogen and oxygen atoms in total. The van der Waals surface area contributed by atoms with Gasteiger partial charge in [-0.05, 0) is 32.1 Å². The highest BCUT2D eigenvalue weighted by molar-refractivity contribution is 5.92. The summed E-state index contributed by atoms with van der Waals surface area (Å²) in [5.74, 6) is -1.77. The summed E-state index contributed by atoms with van der Waals surface area (Å²) >= 11 is 0. The Bertz CT molecular complexity index is 747. The summed E-state index contributed by atoms with van der Waals surface area (Å²) in [6.45, 7) is 13.6. The van der Waals surface area contributed by atoms with Crippen LogP contribution >= 0.6 is 0 Å². The molecule has 1 aliphatic heterocycles. The molecule has 3 rings (SSSR count). The van der Waals surface area contributed by atoms with Gasteiger partial charge in [0.2, 0.25) is 0 Å². The number of esters is 1. The summed E-state index contributed by atoms with van der Waals surface area (Å²) in [6.07, 6.45) is -1.30. The first-order valence-corrected chi connectivity index (χ1v) is 10.2. The van der Waals surface area contributed by atoms with Crippen molar-refractivity contribution in [2.45, 2.75) is 95.9 Å². The van der Waals surface area contributed by atoms with E-state index < -0.39 is 63.6 Å². The van der Waals surface area contributed by atoms with E-state index in [1.807, 2.05) is 13.8 Å². The number of ketones is 1. The lowest BCUT2D eigenvalue weighted by atomic mass is 9.40. The molecule has 3 aliphatic rings. The van der Waals surface area contributed by atoms with E-state index in [0.29, 0.717) is 12.8 Å². The predicted molar refractivity (Wildman–Crippen MR) is 105 cm³/mol. The highest BCUT2D eigenvalue weighted by Crippen LogP contribution is 2.67. The molecule has 8 atom stereocenters. The Kier molecular flexibility index (Phi) is 4.91. The number of Topliss-reactive ketones (excluding diaryl/α,β-unsaturated/α-hetero) is 1. The molecule has 0 amide bonds. The largest absolute Gasteiger partial charge is 0.459 e. The molecule has 3 N–H and O–H groups in total. The third kappa shape index (κ3) is 2.63. The number of aliphatic hydroxyl groups excluding tert-OH is 2. The fraction of sp³-hybridized carbons (Fsp3) is 0.818. The van der Waals surface area contributed by atoms with Crippen molar-refractivity contribution in [2.24, 2.45) is 16.7 Å². The Labute approximate surface area is 172 Å². The second-order valence-corrected chi connectivity index (χ2v) is 10.4. The van der Waals surface area contributed by atoms with Crippen LogP contribution in [0.25, 0.3) is 0 Å². The van der Waals surface area contributed by atoms with Crippen LogP contribution in [0.5, 0.6) is 0 Å². The molecular formula is C22H34O7. The van der Waals surface area contributed by atoms with Gasteiger partial charge in [0.25, 0.3) is 0 Å². The third-order valence-corrected chi connectivity index (χ3v) is 8.04. The monoisotopic (exact) mass is 410 g/mol. The van der Waals surface area contributed by atoms with E-state index in [-0.39, 0.29) is 6.42 Å². The van der Waals surface area contributed by atoms with Crippen LogP contribution in [-0.2, 0) is 19.1 Å². The maximum atomic E-state index is 13.5. The molecule has 0 radical (unpaired) electrons. The molecule has 0 aromatic rings. The van der Waals surface area contributed by atoms with Crippen LogP contribution in [0.4, 0.5) is 0 Å². The van der Waals surface area contributed by atoms with Crippen LogP contribution in [0, 0.1) is 16.7 Å². The third-order valence-electron chi connectivity index (χ3n) is 8.04. The summed E-state index contributed by atoms with van der Waals surface area (Å²) in [7, 11) is 0. The molecule has 2 aliphatic carbocycles. The minimum absolute atomic E-state index is 0.136. The lowest BCUT2D eigenvalue weighted by molar-refractivity contribution is -0.370. The number of aliphatic hydroxyl groups is 3. The van der Waals surface area contributed by atoms with E-state index in [0.717, 1.165) is 0 Å². The van der Waals surface area contributed by atoms with Crippen molar-refractivity contribution in [3.63, 3.8) is 0 Å². The van der Waals surface area contributed by atoms with Gasteiger partial charge in [0.15, 0.2) is 11.4 Å². The van der Waals surface area contributed by atoms with Crippen molar-refractivity contribution < 1.29 is 34.4 Å². The van der Waals surface area contributed by atoms with Crippen LogP contribution in [0.15, 0.2) is 12.7 Å². The van der Waals surface area contributed by atoms with Crippen LogP contribution in [0.1, 0.15) is 60.8 Å². The standard InChI is InChI=1S/C22H34O7/c1-8-19(5)11-14(25)22(27)20(6)13(24)9-10-18(3,4)16(20)15(28-12(2)23)17(26)21(22,7)29-19/h8,13,15-17,24,26-27H,1,9-11H2,2-7H3/t13-,15+,16-,17-,19-,20-,21+,22-/m0/s1. The van der Waals surface area contributed by atoms with Crippen molar-refractivity contribution >= 4 is 11.8 Å². The molecule has 1 saturated heterocycles. The molecule has 29 heavy (non-hydrogen) atoms. The van der Waals surface area contributed by atoms with Crippen molar-refractivity contribution in [2.75, 3.05) is 0 Å². The lowest BCUT2D eigenvalue weighted by Crippen LogP contribution is -2.86. The maximum Gasteiger partial charge on any atom is 0.303 e. The molecule has 1 heterocycles. The fourth-order valence-electron chi connectivity index (χ4n) is 6.60. The van der Waals surface area contributed by atoms with E-state index in [2.05, 4.69) is 6.58 Å². The molecule has 164 valence electrons. The van der Waals surface area contributed by atoms with Crippen LogP contribution in [0.3, 0.4) is 0 Å². The zero-order valence-corrected chi connectivity index (χ0v) is 18.2. The minimum Gasteiger partial charge on any atom is -0.459 e. The van der Waals surface area contributed by atoms with E-state index in [4.69, 9.17) is 9.47 Å². The average molecular weight is 411 g/mol. The van der Waals surface area contributed by atoms with Gasteiger partial charge < -0.3 is 24.8 Å². The summed E-state index contributed by atoms with van der Waals surface area (Å²) in [4.78, 5) is 25.5. The van der Waals surface area contributed by atoms with E-state index in [9.17, 15) is 24.9 Å². The first-order valence-electron chi connectivity index (χ1n) is 10.2. The summed E-state index contributed by atoms with van der Waals surface area (Å²) in [6, 6.07) is 0. The Morgan fingerprint density at radius 3 is 2.34 bits per heavy atom. The van der Waals surface area contributed by atoms with Gasteiger partial charge in [-0.2, -0.15) is 0 Å². The fourth-order valence-corrected chi connectivity index (χ4v) is 6.60. The Morgan fingerprint density at radius 2 is 1.83 bits per heavy atom. The highest BCUT2D eigenvalue weighted by Gasteiger charge is 2.81. The Morgan fingerprint density at radius 1 is 1.24 bits per heavy atom. The molecule has 2 saturated carbocycles. The topological polar surface area (TPSA) is 113 Å². The molecule has 0 spiro atoms. The first-order chi connectivity index (χ1) is 13.1. The number of fused-ring (bicyclic) bond motifs is 3. The van der Waals surface area contributed by atoms with E-state index >= 15 is 0 Å². The Balaban J connectivity index is 2.32. The van der Waals surface area contributed by atoms with Crippen molar-refractivity contribution in [3.05, 3.63) is 12.7 Å². The molecule has 3 fully saturated rings. The number of carbonyl (C=O) groups excluding carboxylic acids is 2. The second kappa shape index (κ2) is 6.36. The van der Waals surface area contributed by atoms with Crippen LogP contribution < -0.4 is 0 Å². The van der Waals surface area contributed by atoms with Crippen LogP contribution in [-0.4, -0.2) is 62.2 Å². The van der Waals surface area contributed by atoms with E-state index in [1.54, 1.807) is 13.8 Å². The molecular weight excluding hydrogens is 376 g/mol. The van der Waals surface area contributed by atoms with Gasteiger partial charge in [-0.25, -0.2) is 0 Å². The number of carbonyl (C=O) groups is 2. The predicted octanol–water partition coefficient (Wildman–Crippen LogP) is 1.52. The molecule has 7 heteroatoms. The average Bonchev–Trinajstić information content (AvgIpc) is 2.60. The summed E-state index contributed by atoms with van der Waals surface area (Å²) in [5.41, 5.74) is -7.03. The zero-order valence-electron chi connectivity index (χ0n) is 18.2. The molecule has 0 aromatic heterocycles. The highest BCUT2D eigenvalue weighted by atomic mass is 16.6. The van der Waals surface area contributed by atoms with Gasteiger partial charge in [0.1, 0.15) is 17.8 Å². The SMILES string of the molecule is C=C[C@@]1(C)CC(=O)[C@]2(O)[C@@]3(C)[C@@H](O)CCC(C)(C)[C@@H]3[C@@H](OC(C)=O)[C@H](O)[C@@]2(C)O1. The zero-order chi connectivity index (χ0) is 22.2. The number of rotatable bonds is 2. The lowest BCUT2D eigenvalue weighted by Gasteiger charge is -2.71. The Hall–Kier alpha value is -1.28. The molecule has 0 unspecified atom stereocenters. The number of ether oxygens (including phenoxy) is 2. The summed E-state index contributed by atoms with van der Waals surface area (Å²) < 4.78 is 11.8. The van der Waals surface area contributed by atoms with Gasteiger partial charge in [0.05, 0.1) is 11.7 Å². The van der Waals surface area contributed by atoms with Gasteiger partial charge in [-0.3, -0.25) is 9.59 Å². The minimum atomic E-state index is -2.18. The normalized spacial score (nSPS) is 51.6. The van der Waals surface area contributed by atoms with Gasteiger partial charge in [-0.1, -0.05) is 26.8 Å². The van der Waals surface area contributed by atoms with Crippen molar-refractivity contribution in [1.82, 2.24) is 0 Å². The first kappa shape index (κ1) is 22.4. The van der Waals surface area contributed by atoms with E-state index in [1.165, 1.54) is 19.9 Å². The smallest absolute Gasteiger partial charge is 0.303 e. The second-order valence-electron chi connectivity index (χ2n) is 10.4. The summed E-state index contributed by atoms with van der Waals surface area (Å²) in [5, 5.41) is 34.6. The molecule has 0 bridgehead atoms. The van der Waals surface area contributed by atoms with Gasteiger partial charge in [-0.15, -0.1) is 6.58 Å².